The zero-order valence-electron chi connectivity index (χ0n) is 13.8. The van der Waals surface area contributed by atoms with Crippen LogP contribution in [0.15, 0.2) is 18.2 Å². The van der Waals surface area contributed by atoms with Gasteiger partial charge in [0.2, 0.25) is 11.8 Å². The van der Waals surface area contributed by atoms with Crippen molar-refractivity contribution in [2.45, 2.75) is 38.1 Å². The minimum atomic E-state index is -1.68. The van der Waals surface area contributed by atoms with E-state index in [1.54, 1.807) is 0 Å². The topological polar surface area (TPSA) is 86.7 Å². The lowest BCUT2D eigenvalue weighted by Gasteiger charge is -2.29. The first-order chi connectivity index (χ1) is 11.7. The van der Waals surface area contributed by atoms with Gasteiger partial charge in [0.25, 0.3) is 0 Å². The molecule has 8 heteroatoms. The molecular weight excluding hydrogens is 367 g/mol. The number of likely N-dealkylation sites (tertiary alicyclic amines) is 1. The molecule has 0 saturated carbocycles. The molecule has 1 aromatic rings. The second-order valence-electron chi connectivity index (χ2n) is 6.23. The van der Waals surface area contributed by atoms with Crippen molar-refractivity contribution in [2.75, 3.05) is 13.1 Å². The van der Waals surface area contributed by atoms with Gasteiger partial charge in [-0.3, -0.25) is 9.59 Å². The van der Waals surface area contributed by atoms with Crippen molar-refractivity contribution in [1.82, 2.24) is 10.2 Å². The maximum Gasteiger partial charge on any atom is 0.333 e. The molecule has 6 nitrogen and oxygen atoms in total. The largest absolute Gasteiger partial charge is 0.479 e. The average Bonchev–Trinajstić information content (AvgIpc) is 2.74. The van der Waals surface area contributed by atoms with Gasteiger partial charge < -0.3 is 15.3 Å². The monoisotopic (exact) mass is 386 g/mol. The second-order valence-corrected chi connectivity index (χ2v) is 7.05. The Morgan fingerprint density at radius 2 is 1.96 bits per heavy atom. The quantitative estimate of drug-likeness (QED) is 0.814. The number of carbonyl (C=O) groups excluding carboxylic acids is 2. The standard InChI is InChI=1S/C17H20Cl2N2O4/c1-17(16(24)25,11-6-7-12(18)13(19)9-11)20-14(22)10-21-8-4-2-3-5-15(21)23/h6-7,9H,2-5,8,10H2,1H3,(H,20,22)(H,24,25). The summed E-state index contributed by atoms with van der Waals surface area (Å²) in [5.74, 6) is -1.85. The van der Waals surface area contributed by atoms with Crippen LogP contribution in [0.1, 0.15) is 38.2 Å². The van der Waals surface area contributed by atoms with E-state index < -0.39 is 17.4 Å². The lowest BCUT2D eigenvalue weighted by atomic mass is 9.92. The summed E-state index contributed by atoms with van der Waals surface area (Å²) in [6.45, 7) is 1.71. The molecule has 1 aromatic carbocycles. The van der Waals surface area contributed by atoms with Crippen LogP contribution < -0.4 is 5.32 Å². The van der Waals surface area contributed by atoms with Crippen LogP contribution in [-0.4, -0.2) is 40.9 Å². The normalized spacial score (nSPS) is 17.6. The van der Waals surface area contributed by atoms with Gasteiger partial charge in [0.05, 0.1) is 16.6 Å². The predicted octanol–water partition coefficient (Wildman–Crippen LogP) is 2.81. The maximum absolute atomic E-state index is 12.4. The number of nitrogens with zero attached hydrogens (tertiary/aromatic N) is 1. The van der Waals surface area contributed by atoms with Gasteiger partial charge in [-0.2, -0.15) is 0 Å². The fraction of sp³-hybridized carbons (Fsp3) is 0.471. The van der Waals surface area contributed by atoms with E-state index in [2.05, 4.69) is 5.32 Å². The summed E-state index contributed by atoms with van der Waals surface area (Å²) in [5.41, 5.74) is -1.38. The smallest absolute Gasteiger partial charge is 0.333 e. The minimum absolute atomic E-state index is 0.0841. The number of benzene rings is 1. The lowest BCUT2D eigenvalue weighted by molar-refractivity contribution is -0.148. The number of halogens is 2. The number of carbonyl (C=O) groups is 3. The number of amides is 2. The van der Waals surface area contributed by atoms with Crippen molar-refractivity contribution in [1.29, 1.82) is 0 Å². The number of carboxylic acid groups (broad SMARTS) is 1. The first-order valence-electron chi connectivity index (χ1n) is 8.02. The van der Waals surface area contributed by atoms with Gasteiger partial charge in [0, 0.05) is 13.0 Å². The van der Waals surface area contributed by atoms with Gasteiger partial charge in [-0.25, -0.2) is 4.79 Å². The third kappa shape index (κ3) is 4.64. The third-order valence-electron chi connectivity index (χ3n) is 4.32. The van der Waals surface area contributed by atoms with E-state index in [-0.39, 0.29) is 17.5 Å². The average molecular weight is 387 g/mol. The zero-order chi connectivity index (χ0) is 18.6. The van der Waals surface area contributed by atoms with Crippen molar-refractivity contribution >= 4 is 41.0 Å². The Balaban J connectivity index is 2.17. The number of hydrogen-bond acceptors (Lipinski definition) is 3. The molecule has 1 aliphatic heterocycles. The van der Waals surface area contributed by atoms with Crippen LogP contribution in [0.3, 0.4) is 0 Å². The fourth-order valence-corrected chi connectivity index (χ4v) is 3.05. The van der Waals surface area contributed by atoms with Crippen LogP contribution in [0.4, 0.5) is 0 Å². The highest BCUT2D eigenvalue weighted by molar-refractivity contribution is 6.42. The molecule has 1 unspecified atom stereocenters. The van der Waals surface area contributed by atoms with Crippen LogP contribution >= 0.6 is 23.2 Å². The highest BCUT2D eigenvalue weighted by atomic mass is 35.5. The SMILES string of the molecule is CC(NC(=O)CN1CCCCCC1=O)(C(=O)O)c1ccc(Cl)c(Cl)c1. The summed E-state index contributed by atoms with van der Waals surface area (Å²) in [6, 6.07) is 4.39. The molecule has 1 atom stereocenters. The van der Waals surface area contributed by atoms with Crippen molar-refractivity contribution in [3.63, 3.8) is 0 Å². The Bertz CT molecular complexity index is 695. The third-order valence-corrected chi connectivity index (χ3v) is 5.06. The Kier molecular flexibility index (Phi) is 6.30. The lowest BCUT2D eigenvalue weighted by Crippen LogP contribution is -2.52. The van der Waals surface area contributed by atoms with Crippen molar-refractivity contribution in [3.8, 4) is 0 Å². The summed E-state index contributed by atoms with van der Waals surface area (Å²) < 4.78 is 0. The Morgan fingerprint density at radius 3 is 2.60 bits per heavy atom. The molecule has 1 fully saturated rings. The van der Waals surface area contributed by atoms with E-state index in [1.807, 2.05) is 0 Å². The van der Waals surface area contributed by atoms with Gasteiger partial charge in [-0.15, -0.1) is 0 Å². The van der Waals surface area contributed by atoms with E-state index in [0.29, 0.717) is 23.6 Å². The van der Waals surface area contributed by atoms with Crippen molar-refractivity contribution in [2.24, 2.45) is 0 Å². The second kappa shape index (κ2) is 8.06. The Hall–Kier alpha value is -1.79. The Labute approximate surface area is 156 Å². The number of rotatable bonds is 5. The van der Waals surface area contributed by atoms with Crippen molar-refractivity contribution in [3.05, 3.63) is 33.8 Å². The molecule has 2 rings (SSSR count). The van der Waals surface area contributed by atoms with E-state index >= 15 is 0 Å². The molecule has 0 spiro atoms. The first kappa shape index (κ1) is 19.5. The first-order valence-corrected chi connectivity index (χ1v) is 8.77. The van der Waals surface area contributed by atoms with E-state index in [1.165, 1.54) is 30.0 Å². The zero-order valence-corrected chi connectivity index (χ0v) is 15.4. The molecule has 2 N–H and O–H groups in total. The molecule has 25 heavy (non-hydrogen) atoms. The van der Waals surface area contributed by atoms with Gasteiger partial charge in [-0.1, -0.05) is 35.7 Å². The molecule has 1 saturated heterocycles. The molecular formula is C17H20Cl2N2O4. The van der Waals surface area contributed by atoms with Crippen molar-refractivity contribution < 1.29 is 19.5 Å². The number of hydrogen-bond donors (Lipinski definition) is 2. The molecule has 0 radical (unpaired) electrons. The van der Waals surface area contributed by atoms with Crippen LogP contribution in [0.25, 0.3) is 0 Å². The molecule has 136 valence electrons. The minimum Gasteiger partial charge on any atom is -0.479 e. The van der Waals surface area contributed by atoms with E-state index in [0.717, 1.165) is 19.3 Å². The Morgan fingerprint density at radius 1 is 1.24 bits per heavy atom. The number of nitrogens with one attached hydrogen (secondary N) is 1. The predicted molar refractivity (Wildman–Crippen MR) is 94.6 cm³/mol. The molecule has 2 amide bonds. The molecule has 0 aliphatic carbocycles. The van der Waals surface area contributed by atoms with Crippen LogP contribution in [0.2, 0.25) is 10.0 Å². The van der Waals surface area contributed by atoms with E-state index in [4.69, 9.17) is 23.2 Å². The van der Waals surface area contributed by atoms with Crippen LogP contribution in [0.5, 0.6) is 0 Å². The molecule has 0 aromatic heterocycles. The number of aliphatic carboxylic acids is 1. The van der Waals surface area contributed by atoms with Gasteiger partial charge in [0.1, 0.15) is 0 Å². The summed E-state index contributed by atoms with van der Waals surface area (Å²) >= 11 is 11.8. The van der Waals surface area contributed by atoms with Gasteiger partial charge in [0.15, 0.2) is 5.54 Å². The van der Waals surface area contributed by atoms with Crippen LogP contribution in [0, 0.1) is 0 Å². The summed E-state index contributed by atoms with van der Waals surface area (Å²) in [4.78, 5) is 37.7. The highest BCUT2D eigenvalue weighted by Crippen LogP contribution is 2.29. The number of carboxylic acids is 1. The fourth-order valence-electron chi connectivity index (χ4n) is 2.75. The van der Waals surface area contributed by atoms with Gasteiger partial charge in [-0.05, 0) is 37.5 Å². The molecule has 1 aliphatic rings. The highest BCUT2D eigenvalue weighted by Gasteiger charge is 2.37. The molecule has 0 bridgehead atoms. The molecule has 1 heterocycles. The maximum atomic E-state index is 12.4. The summed E-state index contributed by atoms with van der Waals surface area (Å²) in [6.07, 6.45) is 3.01. The summed E-state index contributed by atoms with van der Waals surface area (Å²) in [5, 5.41) is 12.6. The van der Waals surface area contributed by atoms with E-state index in [9.17, 15) is 19.5 Å². The van der Waals surface area contributed by atoms with Gasteiger partial charge >= 0.3 is 5.97 Å². The van der Waals surface area contributed by atoms with Crippen LogP contribution in [-0.2, 0) is 19.9 Å². The summed E-state index contributed by atoms with van der Waals surface area (Å²) in [7, 11) is 0.